The van der Waals surface area contributed by atoms with Crippen LogP contribution in [0.1, 0.15) is 33.6 Å². The van der Waals surface area contributed by atoms with Gasteiger partial charge in [-0.15, -0.1) is 0 Å². The summed E-state index contributed by atoms with van der Waals surface area (Å²) in [6.45, 7) is 6.87. The Bertz CT molecular complexity index is 1330. The number of rotatable bonds is 6. The van der Waals surface area contributed by atoms with Crippen molar-refractivity contribution in [2.45, 2.75) is 46.2 Å². The molecule has 4 atom stereocenters. The van der Waals surface area contributed by atoms with Crippen LogP contribution in [-0.2, 0) is 18.4 Å². The van der Waals surface area contributed by atoms with Crippen LogP contribution in [0.25, 0.3) is 11.3 Å². The zero-order chi connectivity index (χ0) is 24.9. The average molecular weight is 539 g/mol. The van der Waals surface area contributed by atoms with Crippen LogP contribution in [0.2, 0.25) is 0 Å². The van der Waals surface area contributed by atoms with Crippen LogP contribution in [0.4, 0.5) is 11.4 Å². The summed E-state index contributed by atoms with van der Waals surface area (Å²) in [6, 6.07) is 9.69. The molecule has 184 valence electrons. The first-order chi connectivity index (χ1) is 16.6. The summed E-state index contributed by atoms with van der Waals surface area (Å²) in [4.78, 5) is 25.6. The van der Waals surface area contributed by atoms with E-state index in [0.29, 0.717) is 45.1 Å². The highest BCUT2D eigenvalue weighted by Gasteiger charge is 2.56. The quantitative estimate of drug-likeness (QED) is 0.480. The van der Waals surface area contributed by atoms with E-state index in [2.05, 4.69) is 57.5 Å². The minimum atomic E-state index is -0.332. The van der Waals surface area contributed by atoms with Gasteiger partial charge >= 0.3 is 0 Å². The molecular weight excluding hydrogens is 508 g/mol. The van der Waals surface area contributed by atoms with Gasteiger partial charge < -0.3 is 10.6 Å². The number of carbonyl (C=O) groups excluding carboxylic acids is 1. The molecule has 2 bridgehead atoms. The molecule has 0 radical (unpaired) electrons. The molecule has 0 saturated heterocycles. The highest BCUT2D eigenvalue weighted by Crippen LogP contribution is 2.61. The van der Waals surface area contributed by atoms with E-state index in [0.717, 1.165) is 17.7 Å². The first kappa shape index (κ1) is 23.8. The summed E-state index contributed by atoms with van der Waals surface area (Å²) in [5, 5.41) is 15.1. The second-order valence-corrected chi connectivity index (χ2v) is 11.3. The van der Waals surface area contributed by atoms with Crippen molar-refractivity contribution >= 4 is 33.2 Å². The molecule has 2 heterocycles. The van der Waals surface area contributed by atoms with Crippen molar-refractivity contribution in [2.24, 2.45) is 30.2 Å². The molecule has 0 spiro atoms. The van der Waals surface area contributed by atoms with Crippen LogP contribution in [0.5, 0.6) is 0 Å². The molecule has 3 aliphatic rings. The third-order valence-electron chi connectivity index (χ3n) is 8.13. The molecule has 3 aromatic rings. The molecule has 2 N–H and O–H groups in total. The summed E-state index contributed by atoms with van der Waals surface area (Å²) >= 11 is 3.44. The van der Waals surface area contributed by atoms with E-state index in [1.165, 1.54) is 11.1 Å². The third-order valence-corrected chi connectivity index (χ3v) is 8.90. The largest absolute Gasteiger partial charge is 0.380 e. The van der Waals surface area contributed by atoms with Crippen molar-refractivity contribution in [3.63, 3.8) is 0 Å². The second kappa shape index (κ2) is 8.93. The molecule has 1 aromatic carbocycles. The summed E-state index contributed by atoms with van der Waals surface area (Å²) in [6.07, 6.45) is 5.90. The molecule has 2 aromatic heterocycles. The summed E-state index contributed by atoms with van der Waals surface area (Å²) in [5.41, 5.74) is 3.11. The molecule has 0 aliphatic heterocycles. The Morgan fingerprint density at radius 3 is 2.74 bits per heavy atom. The number of fused-ring (bicyclic) bond motifs is 2. The zero-order valence-corrected chi connectivity index (χ0v) is 22.0. The van der Waals surface area contributed by atoms with Gasteiger partial charge in [0, 0.05) is 30.5 Å². The summed E-state index contributed by atoms with van der Waals surface area (Å²) < 4.78 is 3.31. The van der Waals surface area contributed by atoms with Gasteiger partial charge in [-0.2, -0.15) is 10.2 Å². The molecule has 3 saturated carbocycles. The normalized spacial score (nSPS) is 24.5. The van der Waals surface area contributed by atoms with Crippen LogP contribution in [0.3, 0.4) is 0 Å². The molecule has 0 unspecified atom stereocenters. The Morgan fingerprint density at radius 2 is 2.06 bits per heavy atom. The Labute approximate surface area is 213 Å². The Hall–Kier alpha value is -2.94. The van der Waals surface area contributed by atoms with Gasteiger partial charge in [0.1, 0.15) is 11.0 Å². The molecule has 6 rings (SSSR count). The topological polar surface area (TPSA) is 93.8 Å². The lowest BCUT2D eigenvalue weighted by atomic mass is 9.45. The first-order valence-corrected chi connectivity index (χ1v) is 12.8. The summed E-state index contributed by atoms with van der Waals surface area (Å²) in [5.74, 6) is 1.62. The number of nitrogens with one attached hydrogen (secondary N) is 2. The van der Waals surface area contributed by atoms with E-state index in [1.807, 2.05) is 37.5 Å². The van der Waals surface area contributed by atoms with Gasteiger partial charge in [0.25, 0.3) is 5.56 Å². The lowest BCUT2D eigenvalue weighted by molar-refractivity contribution is -0.117. The Morgan fingerprint density at radius 1 is 1.26 bits per heavy atom. The predicted octanol–water partition coefficient (Wildman–Crippen LogP) is 4.53. The van der Waals surface area contributed by atoms with Crippen LogP contribution in [-0.4, -0.2) is 31.5 Å². The number of hydrogen-bond donors (Lipinski definition) is 2. The highest BCUT2D eigenvalue weighted by atomic mass is 79.9. The lowest BCUT2D eigenvalue weighted by Gasteiger charge is -2.62. The van der Waals surface area contributed by atoms with Crippen LogP contribution in [0, 0.1) is 23.2 Å². The van der Waals surface area contributed by atoms with Crippen molar-refractivity contribution < 1.29 is 4.79 Å². The van der Waals surface area contributed by atoms with Gasteiger partial charge in [0.2, 0.25) is 5.91 Å². The molecule has 8 nitrogen and oxygen atoms in total. The number of halogens is 1. The van der Waals surface area contributed by atoms with Crippen LogP contribution >= 0.6 is 15.9 Å². The zero-order valence-electron chi connectivity index (χ0n) is 20.5. The highest BCUT2D eigenvalue weighted by molar-refractivity contribution is 9.10. The number of aryl methyl sites for hydroxylation is 1. The standard InChI is InChI=1S/C26H31BrN6O2/c1-15-19-11-17(26(19,2)3)12-21(15)30-22-13-28-33(25(35)24(22)27)14-23(34)29-18-7-5-6-16(10-18)20-8-9-32(4)31-20/h5-10,13,15,17,19,21,30H,11-12,14H2,1-4H3,(H,29,34)/t15-,17-,19+,21-/m1/s1. The van der Waals surface area contributed by atoms with E-state index in [-0.39, 0.29) is 18.0 Å². The second-order valence-electron chi connectivity index (χ2n) is 10.5. The number of carbonyl (C=O) groups is 1. The lowest BCUT2D eigenvalue weighted by Crippen LogP contribution is -2.58. The average Bonchev–Trinajstić information content (AvgIpc) is 3.26. The number of aromatic nitrogens is 4. The van der Waals surface area contributed by atoms with Crippen molar-refractivity contribution in [3.8, 4) is 11.3 Å². The monoisotopic (exact) mass is 538 g/mol. The molecule has 35 heavy (non-hydrogen) atoms. The van der Waals surface area contributed by atoms with E-state index in [9.17, 15) is 9.59 Å². The van der Waals surface area contributed by atoms with E-state index < -0.39 is 0 Å². The fourth-order valence-corrected chi connectivity index (χ4v) is 6.30. The Kier molecular flexibility index (Phi) is 6.07. The SMILES string of the molecule is C[C@H]1[C@H](Nc2cnn(CC(=O)Nc3cccc(-c4ccn(C)n4)c3)c(=O)c2Br)C[C@H]2C[C@@H]1C2(C)C. The van der Waals surface area contributed by atoms with Gasteiger partial charge in [-0.1, -0.05) is 32.9 Å². The molecular formula is C26H31BrN6O2. The number of nitrogens with zero attached hydrogens (tertiary/aromatic N) is 4. The van der Waals surface area contributed by atoms with Gasteiger partial charge in [-0.05, 0) is 70.1 Å². The number of hydrogen-bond acceptors (Lipinski definition) is 5. The molecule has 3 aliphatic carbocycles. The maximum atomic E-state index is 12.9. The van der Waals surface area contributed by atoms with Crippen molar-refractivity contribution in [1.82, 2.24) is 19.6 Å². The van der Waals surface area contributed by atoms with Crippen molar-refractivity contribution in [1.29, 1.82) is 0 Å². The minimum absolute atomic E-state index is 0.177. The minimum Gasteiger partial charge on any atom is -0.380 e. The smallest absolute Gasteiger partial charge is 0.283 e. The number of anilines is 2. The summed E-state index contributed by atoms with van der Waals surface area (Å²) in [7, 11) is 1.86. The van der Waals surface area contributed by atoms with E-state index in [1.54, 1.807) is 16.9 Å². The third kappa shape index (κ3) is 4.42. The fourth-order valence-electron chi connectivity index (χ4n) is 5.88. The van der Waals surface area contributed by atoms with Gasteiger partial charge in [-0.25, -0.2) is 4.68 Å². The molecule has 1 amide bonds. The van der Waals surface area contributed by atoms with Crippen LogP contribution in [0.15, 0.2) is 52.0 Å². The Balaban J connectivity index is 1.25. The maximum absolute atomic E-state index is 12.9. The number of benzene rings is 1. The van der Waals surface area contributed by atoms with Gasteiger partial charge in [0.15, 0.2) is 0 Å². The predicted molar refractivity (Wildman–Crippen MR) is 140 cm³/mol. The van der Waals surface area contributed by atoms with Crippen molar-refractivity contribution in [3.05, 3.63) is 57.6 Å². The van der Waals surface area contributed by atoms with E-state index >= 15 is 0 Å². The molecule has 3 fully saturated rings. The van der Waals surface area contributed by atoms with Crippen LogP contribution < -0.4 is 16.2 Å². The van der Waals surface area contributed by atoms with Crippen molar-refractivity contribution in [2.75, 3.05) is 10.6 Å². The van der Waals surface area contributed by atoms with E-state index in [4.69, 9.17) is 0 Å². The maximum Gasteiger partial charge on any atom is 0.283 e. The molecule has 9 heteroatoms. The van der Waals surface area contributed by atoms with Gasteiger partial charge in [-0.3, -0.25) is 14.3 Å². The van der Waals surface area contributed by atoms with Gasteiger partial charge in [0.05, 0.1) is 17.6 Å². The first-order valence-electron chi connectivity index (χ1n) is 12.1. The number of amides is 1. The fraction of sp³-hybridized carbons (Fsp3) is 0.462.